The summed E-state index contributed by atoms with van der Waals surface area (Å²) in [5, 5.41) is 12.9. The van der Waals surface area contributed by atoms with Gasteiger partial charge in [0.2, 0.25) is 0 Å². The van der Waals surface area contributed by atoms with Crippen molar-refractivity contribution in [3.63, 3.8) is 0 Å². The summed E-state index contributed by atoms with van der Waals surface area (Å²) in [5.74, 6) is -0.876. The van der Waals surface area contributed by atoms with Crippen LogP contribution in [0.5, 0.6) is 0 Å². The third-order valence-corrected chi connectivity index (χ3v) is 2.40. The molecule has 0 aromatic carbocycles. The van der Waals surface area contributed by atoms with Crippen LogP contribution in [0.25, 0.3) is 0 Å². The van der Waals surface area contributed by atoms with Gasteiger partial charge in [0.1, 0.15) is 5.56 Å². The molecule has 1 aromatic heterocycles. The highest BCUT2D eigenvalue weighted by Crippen LogP contribution is 2.32. The average Bonchev–Trinajstić information content (AvgIpc) is 2.41. The highest BCUT2D eigenvalue weighted by Gasteiger charge is 2.32. The SMILES string of the molecule is CC1(C)Cc2c(C(=O)O)cnn2C1. The Bertz CT molecular complexity index is 366. The molecule has 0 bridgehead atoms. The van der Waals surface area contributed by atoms with Crippen LogP contribution in [0.1, 0.15) is 29.9 Å². The molecule has 4 nitrogen and oxygen atoms in total. The molecular formula is C9H12N2O2. The van der Waals surface area contributed by atoms with Gasteiger partial charge in [-0.2, -0.15) is 5.10 Å². The molecule has 2 heterocycles. The van der Waals surface area contributed by atoms with Crippen LogP contribution in [0, 0.1) is 5.41 Å². The lowest BCUT2D eigenvalue weighted by molar-refractivity contribution is 0.0695. The molecule has 0 atom stereocenters. The van der Waals surface area contributed by atoms with Crippen LogP contribution in [0.15, 0.2) is 6.20 Å². The predicted octanol–water partition coefficient (Wildman–Crippen LogP) is 1.16. The maximum atomic E-state index is 10.8. The summed E-state index contributed by atoms with van der Waals surface area (Å²) in [6.07, 6.45) is 2.24. The summed E-state index contributed by atoms with van der Waals surface area (Å²) in [6, 6.07) is 0. The molecule has 4 heteroatoms. The molecule has 1 aliphatic rings. The molecule has 0 spiro atoms. The molecule has 0 saturated heterocycles. The summed E-state index contributed by atoms with van der Waals surface area (Å²) in [6.45, 7) is 5.05. The topological polar surface area (TPSA) is 55.1 Å². The lowest BCUT2D eigenvalue weighted by Gasteiger charge is -2.14. The molecule has 0 fully saturated rings. The number of carbonyl (C=O) groups is 1. The second kappa shape index (κ2) is 2.34. The van der Waals surface area contributed by atoms with Gasteiger partial charge in [0.05, 0.1) is 11.9 Å². The molecule has 0 amide bonds. The van der Waals surface area contributed by atoms with E-state index < -0.39 is 5.97 Å². The van der Waals surface area contributed by atoms with Crippen molar-refractivity contribution in [2.75, 3.05) is 0 Å². The van der Waals surface area contributed by atoms with Crippen molar-refractivity contribution >= 4 is 5.97 Å². The fourth-order valence-electron chi connectivity index (χ4n) is 1.83. The van der Waals surface area contributed by atoms with Crippen LogP contribution in [0.2, 0.25) is 0 Å². The largest absolute Gasteiger partial charge is 0.478 e. The minimum absolute atomic E-state index is 0.147. The number of carboxylic acids is 1. The fourth-order valence-corrected chi connectivity index (χ4v) is 1.83. The predicted molar refractivity (Wildman–Crippen MR) is 46.7 cm³/mol. The maximum absolute atomic E-state index is 10.8. The van der Waals surface area contributed by atoms with Crippen molar-refractivity contribution in [1.29, 1.82) is 0 Å². The van der Waals surface area contributed by atoms with E-state index in [0.717, 1.165) is 18.7 Å². The Labute approximate surface area is 76.2 Å². The number of fused-ring (bicyclic) bond motifs is 1. The third kappa shape index (κ3) is 1.22. The Morgan fingerprint density at radius 1 is 1.69 bits per heavy atom. The van der Waals surface area contributed by atoms with Gasteiger partial charge in [0.25, 0.3) is 0 Å². The Hall–Kier alpha value is -1.32. The lowest BCUT2D eigenvalue weighted by Crippen LogP contribution is -2.13. The summed E-state index contributed by atoms with van der Waals surface area (Å²) in [5.41, 5.74) is 1.36. The maximum Gasteiger partial charge on any atom is 0.339 e. The zero-order valence-corrected chi connectivity index (χ0v) is 7.74. The summed E-state index contributed by atoms with van der Waals surface area (Å²) >= 11 is 0. The van der Waals surface area contributed by atoms with E-state index in [2.05, 4.69) is 18.9 Å². The number of nitrogens with zero attached hydrogens (tertiary/aromatic N) is 2. The number of carboxylic acid groups (broad SMARTS) is 1. The van der Waals surface area contributed by atoms with E-state index in [9.17, 15) is 4.79 Å². The third-order valence-electron chi connectivity index (χ3n) is 2.40. The van der Waals surface area contributed by atoms with E-state index in [1.54, 1.807) is 4.68 Å². The number of rotatable bonds is 1. The number of hydrogen-bond acceptors (Lipinski definition) is 2. The Kier molecular flexibility index (Phi) is 1.49. The van der Waals surface area contributed by atoms with E-state index >= 15 is 0 Å². The standard InChI is InChI=1S/C9H12N2O2/c1-9(2)3-7-6(8(12)13)4-10-11(7)5-9/h4H,3,5H2,1-2H3,(H,12,13). The minimum Gasteiger partial charge on any atom is -0.478 e. The van der Waals surface area contributed by atoms with Crippen LogP contribution in [0.3, 0.4) is 0 Å². The zero-order chi connectivity index (χ0) is 9.64. The van der Waals surface area contributed by atoms with Crippen LogP contribution < -0.4 is 0 Å². The van der Waals surface area contributed by atoms with Gasteiger partial charge in [-0.05, 0) is 11.8 Å². The van der Waals surface area contributed by atoms with Crippen molar-refractivity contribution in [2.45, 2.75) is 26.8 Å². The molecule has 1 aliphatic heterocycles. The van der Waals surface area contributed by atoms with Gasteiger partial charge in [0, 0.05) is 6.54 Å². The van der Waals surface area contributed by atoms with Crippen molar-refractivity contribution < 1.29 is 9.90 Å². The first kappa shape index (κ1) is 8.29. The highest BCUT2D eigenvalue weighted by molar-refractivity contribution is 5.88. The average molecular weight is 180 g/mol. The van der Waals surface area contributed by atoms with E-state index in [4.69, 9.17) is 5.11 Å². The number of aromatic carboxylic acids is 1. The molecule has 0 radical (unpaired) electrons. The van der Waals surface area contributed by atoms with Crippen molar-refractivity contribution in [2.24, 2.45) is 5.41 Å². The first-order valence-electron chi connectivity index (χ1n) is 4.28. The minimum atomic E-state index is -0.876. The molecule has 70 valence electrons. The second-order valence-corrected chi connectivity index (χ2v) is 4.31. The highest BCUT2D eigenvalue weighted by atomic mass is 16.4. The first-order chi connectivity index (χ1) is 5.99. The van der Waals surface area contributed by atoms with Crippen LogP contribution in [0.4, 0.5) is 0 Å². The Morgan fingerprint density at radius 3 is 3.00 bits per heavy atom. The summed E-state index contributed by atoms with van der Waals surface area (Å²) in [4.78, 5) is 10.8. The molecule has 0 unspecified atom stereocenters. The van der Waals surface area contributed by atoms with Gasteiger partial charge in [0.15, 0.2) is 0 Å². The number of hydrogen-bond donors (Lipinski definition) is 1. The van der Waals surface area contributed by atoms with Crippen LogP contribution in [-0.2, 0) is 13.0 Å². The molecule has 13 heavy (non-hydrogen) atoms. The Morgan fingerprint density at radius 2 is 2.38 bits per heavy atom. The van der Waals surface area contributed by atoms with Gasteiger partial charge in [-0.1, -0.05) is 13.8 Å². The summed E-state index contributed by atoms with van der Waals surface area (Å²) < 4.78 is 1.80. The van der Waals surface area contributed by atoms with E-state index in [0.29, 0.717) is 5.56 Å². The first-order valence-corrected chi connectivity index (χ1v) is 4.28. The van der Waals surface area contributed by atoms with Gasteiger partial charge in [-0.15, -0.1) is 0 Å². The molecule has 2 rings (SSSR count). The lowest BCUT2D eigenvalue weighted by atomic mass is 9.90. The van der Waals surface area contributed by atoms with E-state index in [1.165, 1.54) is 6.20 Å². The van der Waals surface area contributed by atoms with E-state index in [1.807, 2.05) is 0 Å². The van der Waals surface area contributed by atoms with Gasteiger partial charge in [-0.25, -0.2) is 4.79 Å². The van der Waals surface area contributed by atoms with E-state index in [-0.39, 0.29) is 5.41 Å². The Balaban J connectivity index is 2.43. The van der Waals surface area contributed by atoms with Gasteiger partial charge < -0.3 is 5.11 Å². The second-order valence-electron chi connectivity index (χ2n) is 4.31. The fraction of sp³-hybridized carbons (Fsp3) is 0.556. The van der Waals surface area contributed by atoms with Gasteiger partial charge in [-0.3, -0.25) is 4.68 Å². The summed E-state index contributed by atoms with van der Waals surface area (Å²) in [7, 11) is 0. The number of aromatic nitrogens is 2. The molecule has 0 aliphatic carbocycles. The molecular weight excluding hydrogens is 168 g/mol. The van der Waals surface area contributed by atoms with Crippen molar-refractivity contribution in [3.8, 4) is 0 Å². The smallest absolute Gasteiger partial charge is 0.339 e. The van der Waals surface area contributed by atoms with Crippen molar-refractivity contribution in [3.05, 3.63) is 17.5 Å². The van der Waals surface area contributed by atoms with Crippen LogP contribution >= 0.6 is 0 Å². The monoisotopic (exact) mass is 180 g/mol. The zero-order valence-electron chi connectivity index (χ0n) is 7.74. The molecule has 1 N–H and O–H groups in total. The quantitative estimate of drug-likeness (QED) is 0.705. The van der Waals surface area contributed by atoms with Gasteiger partial charge >= 0.3 is 5.97 Å². The normalized spacial score (nSPS) is 18.6. The van der Waals surface area contributed by atoms with Crippen LogP contribution in [-0.4, -0.2) is 20.9 Å². The molecule has 0 saturated carbocycles. The molecule has 1 aromatic rings. The van der Waals surface area contributed by atoms with Crippen molar-refractivity contribution in [1.82, 2.24) is 9.78 Å².